The van der Waals surface area contributed by atoms with E-state index in [0.29, 0.717) is 23.3 Å². The minimum Gasteiger partial charge on any atom is -0.339 e. The predicted octanol–water partition coefficient (Wildman–Crippen LogP) is 2.71. The summed E-state index contributed by atoms with van der Waals surface area (Å²) in [5.41, 5.74) is 1.54. The van der Waals surface area contributed by atoms with E-state index < -0.39 is 0 Å². The summed E-state index contributed by atoms with van der Waals surface area (Å²) in [6.45, 7) is 0. The van der Waals surface area contributed by atoms with E-state index in [1.807, 2.05) is 24.3 Å². The molecule has 6 nitrogen and oxygen atoms in total. The zero-order chi connectivity index (χ0) is 14.1. The average Bonchev–Trinajstić information content (AvgIpc) is 3.16. The minimum absolute atomic E-state index is 0.172. The highest BCUT2D eigenvalue weighted by atomic mass is 16.5. The maximum Gasteiger partial charge on any atom is 0.321 e. The van der Waals surface area contributed by atoms with Gasteiger partial charge in [-0.3, -0.25) is 0 Å². The fourth-order valence-corrected chi connectivity index (χ4v) is 1.82. The summed E-state index contributed by atoms with van der Waals surface area (Å²) >= 11 is 0. The summed E-state index contributed by atoms with van der Waals surface area (Å²) in [6, 6.07) is 7.24. The largest absolute Gasteiger partial charge is 0.339 e. The van der Waals surface area contributed by atoms with Gasteiger partial charge in [0.05, 0.1) is 0 Å². The van der Waals surface area contributed by atoms with Crippen molar-refractivity contribution in [3.8, 4) is 11.4 Å². The normalized spacial score (nSPS) is 14.1. The van der Waals surface area contributed by atoms with Crippen LogP contribution in [-0.4, -0.2) is 35.2 Å². The summed E-state index contributed by atoms with van der Waals surface area (Å²) in [7, 11) is 3.39. The van der Waals surface area contributed by atoms with Gasteiger partial charge in [0.1, 0.15) is 0 Å². The zero-order valence-corrected chi connectivity index (χ0v) is 11.5. The van der Waals surface area contributed by atoms with Crippen molar-refractivity contribution in [2.45, 2.75) is 18.8 Å². The van der Waals surface area contributed by atoms with Crippen LogP contribution in [0.2, 0.25) is 0 Å². The molecule has 1 N–H and O–H groups in total. The van der Waals surface area contributed by atoms with Crippen LogP contribution in [0.25, 0.3) is 11.4 Å². The van der Waals surface area contributed by atoms with Gasteiger partial charge in [0.25, 0.3) is 0 Å². The van der Waals surface area contributed by atoms with E-state index >= 15 is 0 Å². The molecule has 0 saturated heterocycles. The zero-order valence-electron chi connectivity index (χ0n) is 11.5. The molecule has 6 heteroatoms. The molecule has 2 aromatic rings. The van der Waals surface area contributed by atoms with Crippen molar-refractivity contribution in [1.29, 1.82) is 0 Å². The molecular weight excluding hydrogens is 256 g/mol. The van der Waals surface area contributed by atoms with Gasteiger partial charge in [-0.05, 0) is 25.0 Å². The number of rotatable bonds is 3. The van der Waals surface area contributed by atoms with Crippen molar-refractivity contribution >= 4 is 11.7 Å². The van der Waals surface area contributed by atoms with Crippen LogP contribution in [-0.2, 0) is 0 Å². The van der Waals surface area contributed by atoms with E-state index in [4.69, 9.17) is 4.52 Å². The van der Waals surface area contributed by atoms with Crippen LogP contribution in [0, 0.1) is 0 Å². The molecule has 2 amide bonds. The van der Waals surface area contributed by atoms with Gasteiger partial charge in [-0.25, -0.2) is 4.79 Å². The predicted molar refractivity (Wildman–Crippen MR) is 74.4 cm³/mol. The van der Waals surface area contributed by atoms with Gasteiger partial charge in [-0.15, -0.1) is 0 Å². The summed E-state index contributed by atoms with van der Waals surface area (Å²) < 4.78 is 5.25. The molecule has 1 aromatic heterocycles. The summed E-state index contributed by atoms with van der Waals surface area (Å²) in [5.74, 6) is 1.71. The molecule has 104 valence electrons. The second kappa shape index (κ2) is 4.96. The number of urea groups is 1. The molecule has 1 saturated carbocycles. The first kappa shape index (κ1) is 12.7. The van der Waals surface area contributed by atoms with Gasteiger partial charge in [-0.2, -0.15) is 4.98 Å². The summed E-state index contributed by atoms with van der Waals surface area (Å²) in [5, 5.41) is 6.79. The number of aromatic nitrogens is 2. The van der Waals surface area contributed by atoms with Gasteiger partial charge < -0.3 is 14.7 Å². The van der Waals surface area contributed by atoms with Crippen LogP contribution in [0.15, 0.2) is 28.8 Å². The molecule has 1 fully saturated rings. The number of anilines is 1. The highest BCUT2D eigenvalue weighted by Gasteiger charge is 2.29. The fourth-order valence-electron chi connectivity index (χ4n) is 1.82. The van der Waals surface area contributed by atoms with Gasteiger partial charge in [-0.1, -0.05) is 17.3 Å². The third-order valence-corrected chi connectivity index (χ3v) is 3.15. The number of carbonyl (C=O) groups excluding carboxylic acids is 1. The third-order valence-electron chi connectivity index (χ3n) is 3.15. The lowest BCUT2D eigenvalue weighted by molar-refractivity contribution is 0.230. The number of hydrogen-bond donors (Lipinski definition) is 1. The topological polar surface area (TPSA) is 71.3 Å². The Labute approximate surface area is 116 Å². The smallest absolute Gasteiger partial charge is 0.321 e. The molecule has 1 heterocycles. The molecule has 1 aliphatic carbocycles. The Morgan fingerprint density at radius 2 is 2.20 bits per heavy atom. The van der Waals surface area contributed by atoms with Crippen LogP contribution >= 0.6 is 0 Å². The van der Waals surface area contributed by atoms with Crippen LogP contribution in [0.3, 0.4) is 0 Å². The number of nitrogens with zero attached hydrogens (tertiary/aromatic N) is 3. The maximum atomic E-state index is 11.6. The van der Waals surface area contributed by atoms with Crippen LogP contribution in [0.5, 0.6) is 0 Å². The molecule has 3 rings (SSSR count). The highest BCUT2D eigenvalue weighted by molar-refractivity contribution is 5.89. The standard InChI is InChI=1S/C14H16N4O2/c1-18(2)14(19)15-11-5-3-4-10(8-11)12-16-13(20-17-12)9-6-7-9/h3-5,8-9H,6-7H2,1-2H3,(H,15,19). The maximum absolute atomic E-state index is 11.6. The Kier molecular flexibility index (Phi) is 3.14. The van der Waals surface area contributed by atoms with E-state index in [1.54, 1.807) is 14.1 Å². The van der Waals surface area contributed by atoms with E-state index in [2.05, 4.69) is 15.5 Å². The molecule has 0 spiro atoms. The molecule has 0 bridgehead atoms. The third kappa shape index (κ3) is 2.64. The first-order chi connectivity index (χ1) is 9.63. The second-order valence-corrected chi connectivity index (χ2v) is 5.14. The number of hydrogen-bond acceptors (Lipinski definition) is 4. The van der Waals surface area contributed by atoms with Crippen molar-refractivity contribution in [2.75, 3.05) is 19.4 Å². The number of amides is 2. The summed E-state index contributed by atoms with van der Waals surface area (Å²) in [4.78, 5) is 17.5. The fraction of sp³-hybridized carbons (Fsp3) is 0.357. The lowest BCUT2D eigenvalue weighted by atomic mass is 10.2. The van der Waals surface area contributed by atoms with E-state index in [1.165, 1.54) is 4.90 Å². The highest BCUT2D eigenvalue weighted by Crippen LogP contribution is 2.39. The van der Waals surface area contributed by atoms with E-state index in [0.717, 1.165) is 18.4 Å². The number of benzene rings is 1. The molecule has 20 heavy (non-hydrogen) atoms. The molecule has 0 atom stereocenters. The number of nitrogens with one attached hydrogen (secondary N) is 1. The van der Waals surface area contributed by atoms with Crippen molar-refractivity contribution in [3.05, 3.63) is 30.2 Å². The van der Waals surface area contributed by atoms with Crippen LogP contribution in [0.4, 0.5) is 10.5 Å². The van der Waals surface area contributed by atoms with Crippen molar-refractivity contribution in [2.24, 2.45) is 0 Å². The van der Waals surface area contributed by atoms with E-state index in [-0.39, 0.29) is 6.03 Å². The van der Waals surface area contributed by atoms with Crippen molar-refractivity contribution in [3.63, 3.8) is 0 Å². The molecule has 0 unspecified atom stereocenters. The van der Waals surface area contributed by atoms with Crippen LogP contribution < -0.4 is 5.32 Å². The Hall–Kier alpha value is -2.37. The molecular formula is C14H16N4O2. The van der Waals surface area contributed by atoms with Gasteiger partial charge in [0.15, 0.2) is 0 Å². The Morgan fingerprint density at radius 1 is 1.40 bits per heavy atom. The number of carbonyl (C=O) groups is 1. The minimum atomic E-state index is -0.172. The Morgan fingerprint density at radius 3 is 2.90 bits per heavy atom. The molecule has 0 aliphatic heterocycles. The quantitative estimate of drug-likeness (QED) is 0.932. The monoisotopic (exact) mass is 272 g/mol. The molecule has 1 aliphatic rings. The lowest BCUT2D eigenvalue weighted by Crippen LogP contribution is -2.27. The summed E-state index contributed by atoms with van der Waals surface area (Å²) in [6.07, 6.45) is 2.25. The van der Waals surface area contributed by atoms with Gasteiger partial charge in [0.2, 0.25) is 11.7 Å². The Balaban J connectivity index is 1.80. The SMILES string of the molecule is CN(C)C(=O)Nc1cccc(-c2noc(C3CC3)n2)c1. The molecule has 1 aromatic carbocycles. The van der Waals surface area contributed by atoms with Gasteiger partial charge >= 0.3 is 6.03 Å². The Bertz CT molecular complexity index is 632. The second-order valence-electron chi connectivity index (χ2n) is 5.14. The first-order valence-corrected chi connectivity index (χ1v) is 6.56. The van der Waals surface area contributed by atoms with Crippen molar-refractivity contribution in [1.82, 2.24) is 15.0 Å². The van der Waals surface area contributed by atoms with E-state index in [9.17, 15) is 4.79 Å². The van der Waals surface area contributed by atoms with Crippen LogP contribution in [0.1, 0.15) is 24.7 Å². The average molecular weight is 272 g/mol. The van der Waals surface area contributed by atoms with Gasteiger partial charge in [0, 0.05) is 31.3 Å². The lowest BCUT2D eigenvalue weighted by Gasteiger charge is -2.12. The molecule has 0 radical (unpaired) electrons. The first-order valence-electron chi connectivity index (χ1n) is 6.56. The van der Waals surface area contributed by atoms with Crippen molar-refractivity contribution < 1.29 is 9.32 Å².